The topological polar surface area (TPSA) is 82.1 Å². The third-order valence-corrected chi connectivity index (χ3v) is 5.76. The zero-order valence-electron chi connectivity index (χ0n) is 17.8. The maximum atomic E-state index is 12.6. The lowest BCUT2D eigenvalue weighted by atomic mass is 10.1. The molecule has 0 aromatic heterocycles. The van der Waals surface area contributed by atoms with E-state index in [1.807, 2.05) is 24.3 Å². The normalized spacial score (nSPS) is 14.9. The Hall–Kier alpha value is -2.78. The van der Waals surface area contributed by atoms with Crippen molar-refractivity contribution in [3.8, 4) is 11.5 Å². The fourth-order valence-corrected chi connectivity index (χ4v) is 3.96. The second-order valence-electron chi connectivity index (χ2n) is 7.13. The lowest BCUT2D eigenvalue weighted by molar-refractivity contribution is -0.149. The summed E-state index contributed by atoms with van der Waals surface area (Å²) in [5, 5.41) is -0.512. The third-order valence-electron chi connectivity index (χ3n) is 4.32. The number of hydrogen-bond donors (Lipinski definition) is 0. The minimum absolute atomic E-state index is 0.219. The van der Waals surface area contributed by atoms with Crippen LogP contribution in [-0.4, -0.2) is 41.8 Å². The van der Waals surface area contributed by atoms with E-state index in [0.717, 1.165) is 26.7 Å². The monoisotopic (exact) mass is 519 g/mol. The molecule has 2 aromatic rings. The number of carbonyl (C=O) groups is 3. The summed E-state index contributed by atoms with van der Waals surface area (Å²) in [6.07, 6.45) is 1.26. The summed E-state index contributed by atoms with van der Waals surface area (Å²) >= 11 is 4.18. The molecule has 1 aliphatic heterocycles. The number of hydrogen-bond acceptors (Lipinski definition) is 7. The van der Waals surface area contributed by atoms with Crippen molar-refractivity contribution in [2.45, 2.75) is 26.6 Å². The number of amides is 2. The zero-order chi connectivity index (χ0) is 23.3. The van der Waals surface area contributed by atoms with Crippen LogP contribution in [0.1, 0.15) is 25.0 Å². The first-order valence-corrected chi connectivity index (χ1v) is 11.4. The van der Waals surface area contributed by atoms with Gasteiger partial charge in [0.25, 0.3) is 11.1 Å². The number of rotatable bonds is 8. The molecule has 9 heteroatoms. The largest absolute Gasteiger partial charge is 0.493 e. The number of benzene rings is 2. The highest BCUT2D eigenvalue weighted by Crippen LogP contribution is 2.34. The molecular formula is C23H22BrNO6S. The highest BCUT2D eigenvalue weighted by atomic mass is 79.9. The zero-order valence-corrected chi connectivity index (χ0v) is 20.2. The van der Waals surface area contributed by atoms with E-state index in [-0.39, 0.29) is 11.0 Å². The van der Waals surface area contributed by atoms with Crippen molar-refractivity contribution in [2.75, 3.05) is 13.7 Å². The van der Waals surface area contributed by atoms with Crippen LogP contribution in [0.3, 0.4) is 0 Å². The number of ether oxygens (including phenoxy) is 3. The molecule has 0 aliphatic carbocycles. The van der Waals surface area contributed by atoms with Gasteiger partial charge in [-0.05, 0) is 67.1 Å². The smallest absolute Gasteiger partial charge is 0.326 e. The van der Waals surface area contributed by atoms with E-state index >= 15 is 0 Å². The molecule has 2 aromatic carbocycles. The van der Waals surface area contributed by atoms with E-state index in [2.05, 4.69) is 15.9 Å². The van der Waals surface area contributed by atoms with Gasteiger partial charge in [0, 0.05) is 4.47 Å². The Morgan fingerprint density at radius 3 is 2.50 bits per heavy atom. The third kappa shape index (κ3) is 6.14. The van der Waals surface area contributed by atoms with Gasteiger partial charge in [-0.15, -0.1) is 0 Å². The van der Waals surface area contributed by atoms with Crippen LogP contribution >= 0.6 is 27.7 Å². The van der Waals surface area contributed by atoms with Crippen molar-refractivity contribution < 1.29 is 28.6 Å². The lowest BCUT2D eigenvalue weighted by Crippen LogP contribution is -2.35. The van der Waals surface area contributed by atoms with Gasteiger partial charge >= 0.3 is 5.97 Å². The van der Waals surface area contributed by atoms with Crippen LogP contribution in [-0.2, 0) is 20.9 Å². The van der Waals surface area contributed by atoms with E-state index < -0.39 is 23.7 Å². The van der Waals surface area contributed by atoms with Crippen LogP contribution in [0.2, 0.25) is 0 Å². The van der Waals surface area contributed by atoms with Crippen molar-refractivity contribution in [1.29, 1.82) is 0 Å². The summed E-state index contributed by atoms with van der Waals surface area (Å²) in [6, 6.07) is 13.0. The summed E-state index contributed by atoms with van der Waals surface area (Å²) < 4.78 is 17.3. The summed E-state index contributed by atoms with van der Waals surface area (Å²) in [5.41, 5.74) is 1.64. The van der Waals surface area contributed by atoms with Crippen LogP contribution in [0.15, 0.2) is 51.8 Å². The predicted octanol–water partition coefficient (Wildman–Crippen LogP) is 5.02. The molecule has 0 spiro atoms. The highest BCUT2D eigenvalue weighted by molar-refractivity contribution is 9.10. The second kappa shape index (κ2) is 10.7. The molecular weight excluding hydrogens is 498 g/mol. The molecule has 1 saturated heterocycles. The number of halogens is 1. The van der Waals surface area contributed by atoms with Gasteiger partial charge in [0.05, 0.1) is 18.1 Å². The highest BCUT2D eigenvalue weighted by Gasteiger charge is 2.36. The Bertz CT molecular complexity index is 1050. The quantitative estimate of drug-likeness (QED) is 0.357. The van der Waals surface area contributed by atoms with Crippen LogP contribution in [0, 0.1) is 0 Å². The number of carbonyl (C=O) groups excluding carboxylic acids is 3. The van der Waals surface area contributed by atoms with Gasteiger partial charge in [-0.25, -0.2) is 0 Å². The Kier molecular flexibility index (Phi) is 7.98. The van der Waals surface area contributed by atoms with E-state index in [1.165, 1.54) is 0 Å². The predicted molar refractivity (Wildman–Crippen MR) is 125 cm³/mol. The fourth-order valence-electron chi connectivity index (χ4n) is 2.85. The average molecular weight is 520 g/mol. The van der Waals surface area contributed by atoms with Crippen molar-refractivity contribution in [3.05, 3.63) is 63.0 Å². The first-order valence-electron chi connectivity index (χ1n) is 9.77. The van der Waals surface area contributed by atoms with Gasteiger partial charge in [-0.2, -0.15) is 0 Å². The lowest BCUT2D eigenvalue weighted by Gasteiger charge is -2.13. The van der Waals surface area contributed by atoms with E-state index in [1.54, 1.807) is 45.2 Å². The number of nitrogens with zero attached hydrogens (tertiary/aromatic N) is 1. The minimum Gasteiger partial charge on any atom is -0.493 e. The molecule has 0 bridgehead atoms. The van der Waals surface area contributed by atoms with Crippen molar-refractivity contribution >= 4 is 50.9 Å². The summed E-state index contributed by atoms with van der Waals surface area (Å²) in [6.45, 7) is 3.32. The van der Waals surface area contributed by atoms with Crippen LogP contribution in [0.25, 0.3) is 6.08 Å². The molecule has 0 atom stereocenters. The van der Waals surface area contributed by atoms with Gasteiger partial charge in [-0.1, -0.05) is 34.1 Å². The molecule has 32 heavy (non-hydrogen) atoms. The van der Waals surface area contributed by atoms with Gasteiger partial charge < -0.3 is 14.2 Å². The van der Waals surface area contributed by atoms with Crippen molar-refractivity contribution in [3.63, 3.8) is 0 Å². The first kappa shape index (κ1) is 23.9. The van der Waals surface area contributed by atoms with Gasteiger partial charge in [0.1, 0.15) is 13.2 Å². The molecule has 2 amide bonds. The van der Waals surface area contributed by atoms with Crippen LogP contribution < -0.4 is 9.47 Å². The standard InChI is InChI=1S/C23H22BrNO6S/c1-14(2)31-21(26)12-25-22(27)20(32-23(25)28)11-16-6-9-18(29-3)19(10-16)30-13-15-4-7-17(24)8-5-15/h4-11,14H,12-13H2,1-3H3/b20-11-. The molecule has 0 radical (unpaired) electrons. The number of esters is 1. The summed E-state index contributed by atoms with van der Waals surface area (Å²) in [7, 11) is 1.54. The Labute approximate surface area is 198 Å². The number of thioether (sulfide) groups is 1. The van der Waals surface area contributed by atoms with Gasteiger partial charge in [-0.3, -0.25) is 19.3 Å². The molecule has 1 aliphatic rings. The Morgan fingerprint density at radius 2 is 1.84 bits per heavy atom. The molecule has 3 rings (SSSR count). The number of methoxy groups -OCH3 is 1. The maximum Gasteiger partial charge on any atom is 0.326 e. The van der Waals surface area contributed by atoms with Crippen molar-refractivity contribution in [1.82, 2.24) is 4.90 Å². The van der Waals surface area contributed by atoms with E-state index in [0.29, 0.717) is 23.7 Å². The fraction of sp³-hybridized carbons (Fsp3) is 0.261. The average Bonchev–Trinajstić information content (AvgIpc) is 3.00. The van der Waals surface area contributed by atoms with Crippen molar-refractivity contribution in [2.24, 2.45) is 0 Å². The molecule has 0 N–H and O–H groups in total. The Morgan fingerprint density at radius 1 is 1.12 bits per heavy atom. The maximum absolute atomic E-state index is 12.6. The molecule has 7 nitrogen and oxygen atoms in total. The number of imide groups is 1. The molecule has 1 heterocycles. The van der Waals surface area contributed by atoms with Gasteiger partial charge in [0.2, 0.25) is 0 Å². The summed E-state index contributed by atoms with van der Waals surface area (Å²) in [5.74, 6) is -0.113. The minimum atomic E-state index is -0.628. The first-order chi connectivity index (χ1) is 15.3. The van der Waals surface area contributed by atoms with Gasteiger partial charge in [0.15, 0.2) is 11.5 Å². The molecule has 0 unspecified atom stereocenters. The molecule has 1 fully saturated rings. The SMILES string of the molecule is COc1ccc(/C=C2\SC(=O)N(CC(=O)OC(C)C)C2=O)cc1OCc1ccc(Br)cc1. The van der Waals surface area contributed by atoms with Crippen LogP contribution in [0.5, 0.6) is 11.5 Å². The second-order valence-corrected chi connectivity index (χ2v) is 9.04. The molecule has 168 valence electrons. The summed E-state index contributed by atoms with van der Waals surface area (Å²) in [4.78, 5) is 37.8. The molecule has 0 saturated carbocycles. The van der Waals surface area contributed by atoms with E-state index in [4.69, 9.17) is 14.2 Å². The Balaban J connectivity index is 1.75. The van der Waals surface area contributed by atoms with Crippen LogP contribution in [0.4, 0.5) is 4.79 Å². The van der Waals surface area contributed by atoms with E-state index in [9.17, 15) is 14.4 Å².